The minimum absolute atomic E-state index is 0.0990. The largest absolute Gasteiger partial charge is 0.497 e. The summed E-state index contributed by atoms with van der Waals surface area (Å²) in [5, 5.41) is 0. The van der Waals surface area contributed by atoms with Crippen LogP contribution in [0.3, 0.4) is 0 Å². The third-order valence-electron chi connectivity index (χ3n) is 3.47. The zero-order chi connectivity index (χ0) is 15.8. The van der Waals surface area contributed by atoms with Crippen molar-refractivity contribution in [2.75, 3.05) is 18.6 Å². The molecule has 2 aromatic carbocycles. The number of hydrogen-bond acceptors (Lipinski definition) is 2. The van der Waals surface area contributed by atoms with Gasteiger partial charge >= 0.3 is 0 Å². The Bertz CT molecular complexity index is 605. The van der Waals surface area contributed by atoms with E-state index in [1.807, 2.05) is 54.6 Å². The van der Waals surface area contributed by atoms with Crippen LogP contribution in [0.4, 0.5) is 5.69 Å². The standard InChI is InChI=1S/C19H21NO2/c1-3-15-20(17-7-5-4-6-8-17)19(21)14-11-16-9-12-18(22-2)13-10-16/h3-10,12-13H,1,11,14-15H2,2H3. The maximum Gasteiger partial charge on any atom is 0.227 e. The summed E-state index contributed by atoms with van der Waals surface area (Å²) in [6.45, 7) is 4.26. The van der Waals surface area contributed by atoms with Gasteiger partial charge in [0.25, 0.3) is 0 Å². The molecule has 0 N–H and O–H groups in total. The minimum Gasteiger partial charge on any atom is -0.497 e. The highest BCUT2D eigenvalue weighted by Gasteiger charge is 2.13. The molecule has 1 amide bonds. The van der Waals surface area contributed by atoms with Gasteiger partial charge in [-0.2, -0.15) is 0 Å². The summed E-state index contributed by atoms with van der Waals surface area (Å²) in [5.74, 6) is 0.926. The number of rotatable bonds is 7. The lowest BCUT2D eigenvalue weighted by atomic mass is 10.1. The molecule has 0 fully saturated rings. The molecule has 0 spiro atoms. The molecule has 0 aromatic heterocycles. The molecule has 0 unspecified atom stereocenters. The lowest BCUT2D eigenvalue weighted by molar-refractivity contribution is -0.118. The molecule has 0 aliphatic rings. The average molecular weight is 295 g/mol. The summed E-state index contributed by atoms with van der Waals surface area (Å²) >= 11 is 0. The molecule has 0 bridgehead atoms. The van der Waals surface area contributed by atoms with Crippen molar-refractivity contribution in [3.8, 4) is 5.75 Å². The van der Waals surface area contributed by atoms with E-state index in [4.69, 9.17) is 4.74 Å². The topological polar surface area (TPSA) is 29.5 Å². The second kappa shape index (κ2) is 8.03. The lowest BCUT2D eigenvalue weighted by Gasteiger charge is -2.21. The Morgan fingerprint density at radius 2 is 1.82 bits per heavy atom. The molecule has 3 heteroatoms. The molecule has 114 valence electrons. The van der Waals surface area contributed by atoms with Crippen LogP contribution in [-0.2, 0) is 11.2 Å². The number of nitrogens with zero attached hydrogens (tertiary/aromatic N) is 1. The van der Waals surface area contributed by atoms with Crippen molar-refractivity contribution in [1.29, 1.82) is 0 Å². The molecule has 22 heavy (non-hydrogen) atoms. The van der Waals surface area contributed by atoms with Crippen molar-refractivity contribution >= 4 is 11.6 Å². The Hall–Kier alpha value is -2.55. The number of ether oxygens (including phenoxy) is 1. The van der Waals surface area contributed by atoms with Crippen LogP contribution in [-0.4, -0.2) is 19.6 Å². The van der Waals surface area contributed by atoms with E-state index in [0.717, 1.165) is 17.0 Å². The van der Waals surface area contributed by atoms with E-state index >= 15 is 0 Å². The Labute approximate surface area is 131 Å². The Morgan fingerprint density at radius 3 is 2.41 bits per heavy atom. The van der Waals surface area contributed by atoms with Crippen molar-refractivity contribution in [1.82, 2.24) is 0 Å². The second-order valence-corrected chi connectivity index (χ2v) is 4.98. The number of anilines is 1. The molecule has 0 heterocycles. The van der Waals surface area contributed by atoms with E-state index in [0.29, 0.717) is 19.4 Å². The van der Waals surface area contributed by atoms with Crippen LogP contribution in [0.25, 0.3) is 0 Å². The van der Waals surface area contributed by atoms with Crippen LogP contribution in [0.2, 0.25) is 0 Å². The lowest BCUT2D eigenvalue weighted by Crippen LogP contribution is -2.31. The van der Waals surface area contributed by atoms with Crippen molar-refractivity contribution in [2.24, 2.45) is 0 Å². The monoisotopic (exact) mass is 295 g/mol. The number of benzene rings is 2. The van der Waals surface area contributed by atoms with Gasteiger partial charge in [0, 0.05) is 18.7 Å². The second-order valence-electron chi connectivity index (χ2n) is 4.98. The van der Waals surface area contributed by atoms with Crippen molar-refractivity contribution < 1.29 is 9.53 Å². The van der Waals surface area contributed by atoms with Gasteiger partial charge in [-0.3, -0.25) is 4.79 Å². The first kappa shape index (κ1) is 15.8. The maximum absolute atomic E-state index is 12.5. The van der Waals surface area contributed by atoms with Gasteiger partial charge in [-0.1, -0.05) is 36.4 Å². The van der Waals surface area contributed by atoms with Gasteiger partial charge in [0.1, 0.15) is 5.75 Å². The predicted octanol–water partition coefficient (Wildman–Crippen LogP) is 3.85. The van der Waals surface area contributed by atoms with Crippen LogP contribution >= 0.6 is 0 Å². The summed E-state index contributed by atoms with van der Waals surface area (Å²) in [6.07, 6.45) is 2.93. The smallest absolute Gasteiger partial charge is 0.227 e. The van der Waals surface area contributed by atoms with Gasteiger partial charge in [-0.15, -0.1) is 6.58 Å². The van der Waals surface area contributed by atoms with E-state index in [1.54, 1.807) is 18.1 Å². The fourth-order valence-corrected chi connectivity index (χ4v) is 2.27. The van der Waals surface area contributed by atoms with Crippen molar-refractivity contribution in [2.45, 2.75) is 12.8 Å². The van der Waals surface area contributed by atoms with Crippen LogP contribution in [0.15, 0.2) is 67.3 Å². The molecule has 3 nitrogen and oxygen atoms in total. The molecule has 0 saturated carbocycles. The molecule has 2 aromatic rings. The van der Waals surface area contributed by atoms with Gasteiger partial charge in [0.15, 0.2) is 0 Å². The van der Waals surface area contributed by atoms with Crippen molar-refractivity contribution in [3.05, 3.63) is 72.8 Å². The van der Waals surface area contributed by atoms with Crippen LogP contribution in [0.1, 0.15) is 12.0 Å². The Kier molecular flexibility index (Phi) is 5.78. The molecule has 2 rings (SSSR count). The quantitative estimate of drug-likeness (QED) is 0.726. The predicted molar refractivity (Wildman–Crippen MR) is 90.3 cm³/mol. The van der Waals surface area contributed by atoms with Gasteiger partial charge in [0.05, 0.1) is 7.11 Å². The molecule has 0 saturated heterocycles. The minimum atomic E-state index is 0.0990. The van der Waals surface area contributed by atoms with E-state index in [2.05, 4.69) is 6.58 Å². The maximum atomic E-state index is 12.5. The van der Waals surface area contributed by atoms with Crippen LogP contribution in [0.5, 0.6) is 5.75 Å². The van der Waals surface area contributed by atoms with E-state index in [1.165, 1.54) is 0 Å². The fourth-order valence-electron chi connectivity index (χ4n) is 2.27. The highest BCUT2D eigenvalue weighted by molar-refractivity contribution is 5.93. The van der Waals surface area contributed by atoms with E-state index in [-0.39, 0.29) is 5.91 Å². The summed E-state index contributed by atoms with van der Waals surface area (Å²) in [7, 11) is 1.64. The number of aryl methyl sites for hydroxylation is 1. The van der Waals surface area contributed by atoms with Gasteiger partial charge < -0.3 is 9.64 Å². The number of amides is 1. The van der Waals surface area contributed by atoms with E-state index in [9.17, 15) is 4.79 Å². The summed E-state index contributed by atoms with van der Waals surface area (Å²) in [6, 6.07) is 17.5. The number of carbonyl (C=O) groups excluding carboxylic acids is 1. The number of carbonyl (C=O) groups is 1. The first-order chi connectivity index (χ1) is 10.7. The van der Waals surface area contributed by atoms with Gasteiger partial charge in [-0.25, -0.2) is 0 Å². The SMILES string of the molecule is C=CCN(C(=O)CCc1ccc(OC)cc1)c1ccccc1. The Balaban J connectivity index is 2.00. The average Bonchev–Trinajstić information content (AvgIpc) is 2.58. The third-order valence-corrected chi connectivity index (χ3v) is 3.47. The van der Waals surface area contributed by atoms with Crippen molar-refractivity contribution in [3.63, 3.8) is 0 Å². The molecule has 0 aliphatic heterocycles. The first-order valence-corrected chi connectivity index (χ1v) is 7.34. The molecule has 0 radical (unpaired) electrons. The summed E-state index contributed by atoms with van der Waals surface area (Å²) in [4.78, 5) is 14.2. The summed E-state index contributed by atoms with van der Waals surface area (Å²) < 4.78 is 5.14. The third kappa shape index (κ3) is 4.22. The molecule has 0 aliphatic carbocycles. The number of hydrogen-bond donors (Lipinski definition) is 0. The summed E-state index contributed by atoms with van der Waals surface area (Å²) in [5.41, 5.74) is 2.03. The van der Waals surface area contributed by atoms with E-state index < -0.39 is 0 Å². The van der Waals surface area contributed by atoms with Crippen LogP contribution in [0, 0.1) is 0 Å². The molecular formula is C19H21NO2. The highest BCUT2D eigenvalue weighted by Crippen LogP contribution is 2.17. The highest BCUT2D eigenvalue weighted by atomic mass is 16.5. The Morgan fingerprint density at radius 1 is 1.14 bits per heavy atom. The fraction of sp³-hybridized carbons (Fsp3) is 0.211. The van der Waals surface area contributed by atoms with Gasteiger partial charge in [-0.05, 0) is 36.2 Å². The first-order valence-electron chi connectivity index (χ1n) is 7.34. The zero-order valence-electron chi connectivity index (χ0n) is 12.9. The molecular weight excluding hydrogens is 274 g/mol. The zero-order valence-corrected chi connectivity index (χ0v) is 12.9. The molecule has 0 atom stereocenters. The van der Waals surface area contributed by atoms with Gasteiger partial charge in [0.2, 0.25) is 5.91 Å². The van der Waals surface area contributed by atoms with Crippen LogP contribution < -0.4 is 9.64 Å². The number of methoxy groups -OCH3 is 1. The normalized spacial score (nSPS) is 10.0. The number of para-hydroxylation sites is 1.